The minimum absolute atomic E-state index is 0.0229. The van der Waals surface area contributed by atoms with Gasteiger partial charge in [-0.15, -0.1) is 13.2 Å². The van der Waals surface area contributed by atoms with Gasteiger partial charge in [0.15, 0.2) is 0 Å². The number of unbranched alkanes of at least 4 members (excludes halogenated alkanes) is 1. The number of para-hydroxylation sites is 1. The van der Waals surface area contributed by atoms with Gasteiger partial charge in [0.2, 0.25) is 5.91 Å². The standard InChI is InChI=1S/C20H22F3NO3/c1-15-7-6-9-17(13-15)26-12-5-4-11-19(25)24-14-16-8-2-3-10-18(16)27-20(21,22)23/h2-3,6-10,13H,4-5,11-12,14H2,1H3,(H,24,25). The molecule has 2 rings (SSSR count). The molecule has 0 aromatic heterocycles. The van der Waals surface area contributed by atoms with E-state index in [9.17, 15) is 18.0 Å². The molecule has 4 nitrogen and oxygen atoms in total. The van der Waals surface area contributed by atoms with Crippen LogP contribution in [0.4, 0.5) is 13.2 Å². The van der Waals surface area contributed by atoms with Crippen molar-refractivity contribution in [3.63, 3.8) is 0 Å². The number of alkyl halides is 3. The summed E-state index contributed by atoms with van der Waals surface area (Å²) in [6.07, 6.45) is -3.16. The molecule has 0 fully saturated rings. The van der Waals surface area contributed by atoms with Crippen LogP contribution in [-0.4, -0.2) is 18.9 Å². The molecule has 2 aromatic rings. The average Bonchev–Trinajstić information content (AvgIpc) is 2.59. The molecule has 1 amide bonds. The fraction of sp³-hybridized carbons (Fsp3) is 0.350. The van der Waals surface area contributed by atoms with Crippen molar-refractivity contribution in [2.75, 3.05) is 6.61 Å². The fourth-order valence-electron chi connectivity index (χ4n) is 2.44. The zero-order valence-corrected chi connectivity index (χ0v) is 15.0. The Hall–Kier alpha value is -2.70. The molecular weight excluding hydrogens is 359 g/mol. The van der Waals surface area contributed by atoms with E-state index < -0.39 is 6.36 Å². The first-order valence-corrected chi connectivity index (χ1v) is 8.63. The normalized spacial score (nSPS) is 11.1. The highest BCUT2D eigenvalue weighted by atomic mass is 19.4. The molecule has 0 aliphatic rings. The molecule has 0 saturated carbocycles. The Morgan fingerprint density at radius 2 is 1.85 bits per heavy atom. The minimum atomic E-state index is -4.77. The maximum atomic E-state index is 12.4. The zero-order chi connectivity index (χ0) is 19.7. The van der Waals surface area contributed by atoms with E-state index in [-0.39, 0.29) is 30.2 Å². The number of nitrogens with one attached hydrogen (secondary N) is 1. The molecular formula is C20H22F3NO3. The van der Waals surface area contributed by atoms with Gasteiger partial charge in [0.1, 0.15) is 11.5 Å². The summed E-state index contributed by atoms with van der Waals surface area (Å²) in [4.78, 5) is 11.9. The van der Waals surface area contributed by atoms with E-state index in [1.807, 2.05) is 31.2 Å². The summed E-state index contributed by atoms with van der Waals surface area (Å²) in [6.45, 7) is 2.46. The van der Waals surface area contributed by atoms with E-state index in [1.165, 1.54) is 18.2 Å². The van der Waals surface area contributed by atoms with Crippen LogP contribution in [0.25, 0.3) is 0 Å². The number of ether oxygens (including phenoxy) is 2. The maximum Gasteiger partial charge on any atom is 0.573 e. The summed E-state index contributed by atoms with van der Waals surface area (Å²) < 4.78 is 46.7. The second-order valence-electron chi connectivity index (χ2n) is 6.05. The van der Waals surface area contributed by atoms with E-state index in [2.05, 4.69) is 10.1 Å². The monoisotopic (exact) mass is 381 g/mol. The van der Waals surface area contributed by atoms with Crippen molar-refractivity contribution in [2.24, 2.45) is 0 Å². The molecule has 0 radical (unpaired) electrons. The van der Waals surface area contributed by atoms with Crippen LogP contribution < -0.4 is 14.8 Å². The van der Waals surface area contributed by atoms with Crippen molar-refractivity contribution >= 4 is 5.91 Å². The van der Waals surface area contributed by atoms with Crippen LogP contribution in [0, 0.1) is 6.92 Å². The van der Waals surface area contributed by atoms with Gasteiger partial charge in [0, 0.05) is 18.5 Å². The molecule has 0 unspecified atom stereocenters. The first-order chi connectivity index (χ1) is 12.8. The molecule has 0 saturated heterocycles. The summed E-state index contributed by atoms with van der Waals surface area (Å²) in [6, 6.07) is 13.4. The van der Waals surface area contributed by atoms with Crippen molar-refractivity contribution in [3.05, 3.63) is 59.7 Å². The van der Waals surface area contributed by atoms with Gasteiger partial charge in [-0.3, -0.25) is 4.79 Å². The third kappa shape index (κ3) is 8.02. The zero-order valence-electron chi connectivity index (χ0n) is 15.0. The quantitative estimate of drug-likeness (QED) is 0.637. The SMILES string of the molecule is Cc1cccc(OCCCCC(=O)NCc2ccccc2OC(F)(F)F)c1. The van der Waals surface area contributed by atoms with Crippen LogP contribution >= 0.6 is 0 Å². The number of amides is 1. The third-order valence-corrected chi connectivity index (χ3v) is 3.73. The summed E-state index contributed by atoms with van der Waals surface area (Å²) in [7, 11) is 0. The Bertz CT molecular complexity index is 747. The van der Waals surface area contributed by atoms with E-state index in [0.29, 0.717) is 19.4 Å². The van der Waals surface area contributed by atoms with E-state index in [4.69, 9.17) is 4.74 Å². The molecule has 2 aromatic carbocycles. The van der Waals surface area contributed by atoms with Crippen LogP contribution in [0.5, 0.6) is 11.5 Å². The number of aryl methyl sites for hydroxylation is 1. The highest BCUT2D eigenvalue weighted by Gasteiger charge is 2.31. The number of carbonyl (C=O) groups excluding carboxylic acids is 1. The largest absolute Gasteiger partial charge is 0.573 e. The molecule has 0 heterocycles. The van der Waals surface area contributed by atoms with E-state index in [0.717, 1.165) is 11.3 Å². The van der Waals surface area contributed by atoms with Gasteiger partial charge < -0.3 is 14.8 Å². The van der Waals surface area contributed by atoms with Crippen molar-refractivity contribution < 1.29 is 27.4 Å². The summed E-state index contributed by atoms with van der Waals surface area (Å²) in [5, 5.41) is 2.61. The smallest absolute Gasteiger partial charge is 0.494 e. The van der Waals surface area contributed by atoms with E-state index in [1.54, 1.807) is 6.07 Å². The second-order valence-corrected chi connectivity index (χ2v) is 6.05. The lowest BCUT2D eigenvalue weighted by Crippen LogP contribution is -2.24. The second kappa shape index (κ2) is 9.85. The predicted molar refractivity (Wildman–Crippen MR) is 95.5 cm³/mol. The van der Waals surface area contributed by atoms with Crippen molar-refractivity contribution in [2.45, 2.75) is 39.1 Å². The highest BCUT2D eigenvalue weighted by molar-refractivity contribution is 5.75. The predicted octanol–water partition coefficient (Wildman–Crippen LogP) is 4.76. The Balaban J connectivity index is 1.68. The Labute approximate surface area is 156 Å². The van der Waals surface area contributed by atoms with Gasteiger partial charge in [-0.05, 0) is 43.5 Å². The molecule has 0 spiro atoms. The lowest BCUT2D eigenvalue weighted by molar-refractivity contribution is -0.274. The molecule has 7 heteroatoms. The molecule has 1 N–H and O–H groups in total. The Kier molecular flexibility index (Phi) is 7.52. The lowest BCUT2D eigenvalue weighted by Gasteiger charge is -2.13. The van der Waals surface area contributed by atoms with Crippen LogP contribution in [-0.2, 0) is 11.3 Å². The number of hydrogen-bond acceptors (Lipinski definition) is 3. The number of rotatable bonds is 9. The van der Waals surface area contributed by atoms with Gasteiger partial charge in [0.05, 0.1) is 6.61 Å². The van der Waals surface area contributed by atoms with Gasteiger partial charge in [0.25, 0.3) is 0 Å². The first kappa shape index (κ1) is 20.6. The topological polar surface area (TPSA) is 47.6 Å². The van der Waals surface area contributed by atoms with Gasteiger partial charge in [-0.2, -0.15) is 0 Å². The molecule has 146 valence electrons. The van der Waals surface area contributed by atoms with Gasteiger partial charge in [-0.25, -0.2) is 0 Å². The molecule has 0 aliphatic heterocycles. The molecule has 0 aliphatic carbocycles. The van der Waals surface area contributed by atoms with E-state index >= 15 is 0 Å². The van der Waals surface area contributed by atoms with Crippen LogP contribution in [0.15, 0.2) is 48.5 Å². The molecule has 0 atom stereocenters. The minimum Gasteiger partial charge on any atom is -0.494 e. The summed E-state index contributed by atoms with van der Waals surface area (Å²) >= 11 is 0. The lowest BCUT2D eigenvalue weighted by atomic mass is 10.2. The average molecular weight is 381 g/mol. The molecule has 27 heavy (non-hydrogen) atoms. The van der Waals surface area contributed by atoms with Crippen LogP contribution in [0.1, 0.15) is 30.4 Å². The number of hydrogen-bond donors (Lipinski definition) is 1. The Morgan fingerprint density at radius 3 is 2.59 bits per heavy atom. The van der Waals surface area contributed by atoms with Crippen LogP contribution in [0.2, 0.25) is 0 Å². The van der Waals surface area contributed by atoms with Crippen molar-refractivity contribution in [1.82, 2.24) is 5.32 Å². The third-order valence-electron chi connectivity index (χ3n) is 3.73. The fourth-order valence-corrected chi connectivity index (χ4v) is 2.44. The summed E-state index contributed by atoms with van der Waals surface area (Å²) in [5.41, 5.74) is 1.38. The molecule has 0 bridgehead atoms. The number of halogens is 3. The highest BCUT2D eigenvalue weighted by Crippen LogP contribution is 2.26. The van der Waals surface area contributed by atoms with Crippen LogP contribution in [0.3, 0.4) is 0 Å². The van der Waals surface area contributed by atoms with Crippen molar-refractivity contribution in [1.29, 1.82) is 0 Å². The summed E-state index contributed by atoms with van der Waals surface area (Å²) in [5.74, 6) is 0.255. The van der Waals surface area contributed by atoms with Crippen molar-refractivity contribution in [3.8, 4) is 11.5 Å². The number of benzene rings is 2. The maximum absolute atomic E-state index is 12.4. The van der Waals surface area contributed by atoms with Gasteiger partial charge in [-0.1, -0.05) is 30.3 Å². The Morgan fingerprint density at radius 1 is 1.07 bits per heavy atom. The first-order valence-electron chi connectivity index (χ1n) is 8.63. The van der Waals surface area contributed by atoms with Gasteiger partial charge >= 0.3 is 6.36 Å². The number of carbonyl (C=O) groups is 1.